The van der Waals surface area contributed by atoms with Crippen LogP contribution in [0.5, 0.6) is 0 Å². The standard InChI is InChI=1S/C9H17NO/c1-9(2,3)8(11)6-5-7-10-4/h5-6,10H,7H2,1-4H3/b6-5+. The average Bonchev–Trinajstić information content (AvgIpc) is 1.86. The van der Waals surface area contributed by atoms with E-state index in [-0.39, 0.29) is 11.2 Å². The summed E-state index contributed by atoms with van der Waals surface area (Å²) in [5.41, 5.74) is -0.246. The molecule has 64 valence electrons. The van der Waals surface area contributed by atoms with Crippen molar-refractivity contribution in [1.82, 2.24) is 5.32 Å². The summed E-state index contributed by atoms with van der Waals surface area (Å²) >= 11 is 0. The summed E-state index contributed by atoms with van der Waals surface area (Å²) in [5.74, 6) is 0.174. The Morgan fingerprint density at radius 1 is 1.45 bits per heavy atom. The summed E-state index contributed by atoms with van der Waals surface area (Å²) in [5, 5.41) is 2.94. The van der Waals surface area contributed by atoms with Crippen molar-refractivity contribution in [1.29, 1.82) is 0 Å². The van der Waals surface area contributed by atoms with Gasteiger partial charge in [0.25, 0.3) is 0 Å². The van der Waals surface area contributed by atoms with Crippen LogP contribution in [-0.2, 0) is 4.79 Å². The number of nitrogens with one attached hydrogen (secondary N) is 1. The minimum Gasteiger partial charge on any atom is -0.316 e. The molecule has 0 saturated heterocycles. The fraction of sp³-hybridized carbons (Fsp3) is 0.667. The van der Waals surface area contributed by atoms with E-state index >= 15 is 0 Å². The maximum absolute atomic E-state index is 11.2. The fourth-order valence-corrected chi connectivity index (χ4v) is 0.534. The molecule has 0 aromatic heterocycles. The molecule has 0 aromatic rings. The van der Waals surface area contributed by atoms with Gasteiger partial charge in [-0.15, -0.1) is 0 Å². The van der Waals surface area contributed by atoms with E-state index in [0.29, 0.717) is 0 Å². The van der Waals surface area contributed by atoms with E-state index in [1.807, 2.05) is 33.9 Å². The number of ketones is 1. The fourth-order valence-electron chi connectivity index (χ4n) is 0.534. The lowest BCUT2D eigenvalue weighted by Gasteiger charge is -2.12. The first kappa shape index (κ1) is 10.4. The van der Waals surface area contributed by atoms with E-state index in [2.05, 4.69) is 5.32 Å². The predicted octanol–water partition coefficient (Wildman–Crippen LogP) is 1.38. The third kappa shape index (κ3) is 4.73. The predicted molar refractivity (Wildman–Crippen MR) is 47.5 cm³/mol. The first-order valence-corrected chi connectivity index (χ1v) is 3.84. The number of allylic oxidation sites excluding steroid dienone is 1. The molecule has 0 fully saturated rings. The second-order valence-electron chi connectivity index (χ2n) is 3.57. The van der Waals surface area contributed by atoms with Gasteiger partial charge in [-0.25, -0.2) is 0 Å². The largest absolute Gasteiger partial charge is 0.316 e. The molecule has 2 nitrogen and oxygen atoms in total. The van der Waals surface area contributed by atoms with Gasteiger partial charge in [0.2, 0.25) is 0 Å². The van der Waals surface area contributed by atoms with Crippen LogP contribution in [0, 0.1) is 5.41 Å². The highest BCUT2D eigenvalue weighted by molar-refractivity contribution is 5.93. The van der Waals surface area contributed by atoms with Crippen molar-refractivity contribution in [3.63, 3.8) is 0 Å². The molecule has 2 heteroatoms. The van der Waals surface area contributed by atoms with Crippen molar-refractivity contribution in [3.8, 4) is 0 Å². The van der Waals surface area contributed by atoms with E-state index in [9.17, 15) is 4.79 Å². The van der Waals surface area contributed by atoms with E-state index < -0.39 is 0 Å². The first-order valence-electron chi connectivity index (χ1n) is 3.84. The van der Waals surface area contributed by atoms with E-state index in [1.54, 1.807) is 6.08 Å². The average molecular weight is 155 g/mol. The van der Waals surface area contributed by atoms with E-state index in [0.717, 1.165) is 6.54 Å². The van der Waals surface area contributed by atoms with E-state index in [1.165, 1.54) is 0 Å². The van der Waals surface area contributed by atoms with Crippen LogP contribution >= 0.6 is 0 Å². The SMILES string of the molecule is CNC/C=C/C(=O)C(C)(C)C. The highest BCUT2D eigenvalue weighted by Crippen LogP contribution is 2.14. The molecule has 0 unspecified atom stereocenters. The Hall–Kier alpha value is -0.630. The Morgan fingerprint density at radius 2 is 2.00 bits per heavy atom. The Labute approximate surface area is 68.7 Å². The van der Waals surface area contributed by atoms with Crippen LogP contribution in [0.3, 0.4) is 0 Å². The molecule has 0 aliphatic rings. The number of hydrogen-bond donors (Lipinski definition) is 1. The summed E-state index contributed by atoms with van der Waals surface area (Å²) in [6, 6.07) is 0. The van der Waals surface area contributed by atoms with Crippen LogP contribution in [0.1, 0.15) is 20.8 Å². The molecule has 0 aliphatic heterocycles. The molecule has 0 heterocycles. The maximum atomic E-state index is 11.2. The van der Waals surface area contributed by atoms with Crippen LogP contribution in [0.4, 0.5) is 0 Å². The first-order chi connectivity index (χ1) is 4.98. The number of likely N-dealkylation sites (N-methyl/N-ethyl adjacent to an activating group) is 1. The molecule has 0 spiro atoms. The lowest BCUT2D eigenvalue weighted by Crippen LogP contribution is -2.17. The Kier molecular flexibility index (Phi) is 4.04. The van der Waals surface area contributed by atoms with Gasteiger partial charge in [-0.2, -0.15) is 0 Å². The van der Waals surface area contributed by atoms with Gasteiger partial charge in [-0.1, -0.05) is 26.8 Å². The topological polar surface area (TPSA) is 29.1 Å². The van der Waals surface area contributed by atoms with Crippen molar-refractivity contribution in [2.75, 3.05) is 13.6 Å². The molecule has 0 radical (unpaired) electrons. The molecule has 11 heavy (non-hydrogen) atoms. The van der Waals surface area contributed by atoms with Gasteiger partial charge in [0.15, 0.2) is 5.78 Å². The molecule has 1 N–H and O–H groups in total. The molecule has 0 atom stereocenters. The van der Waals surface area contributed by atoms with Gasteiger partial charge in [0.1, 0.15) is 0 Å². The van der Waals surface area contributed by atoms with Crippen LogP contribution in [0.25, 0.3) is 0 Å². The minimum absolute atomic E-state index is 0.174. The van der Waals surface area contributed by atoms with Gasteiger partial charge in [0.05, 0.1) is 0 Å². The molecule has 0 rings (SSSR count). The van der Waals surface area contributed by atoms with Gasteiger partial charge < -0.3 is 5.32 Å². The zero-order chi connectivity index (χ0) is 8.91. The summed E-state index contributed by atoms with van der Waals surface area (Å²) in [6.45, 7) is 6.50. The number of hydrogen-bond acceptors (Lipinski definition) is 2. The summed E-state index contributed by atoms with van der Waals surface area (Å²) in [6.07, 6.45) is 3.48. The molecular formula is C9H17NO. The summed E-state index contributed by atoms with van der Waals surface area (Å²) in [4.78, 5) is 11.2. The third-order valence-corrected chi connectivity index (χ3v) is 1.33. The lowest BCUT2D eigenvalue weighted by molar-refractivity contribution is -0.121. The van der Waals surface area contributed by atoms with Crippen LogP contribution in [0.2, 0.25) is 0 Å². The van der Waals surface area contributed by atoms with Crippen molar-refractivity contribution in [2.24, 2.45) is 5.41 Å². The highest BCUT2D eigenvalue weighted by atomic mass is 16.1. The van der Waals surface area contributed by atoms with E-state index in [4.69, 9.17) is 0 Å². The van der Waals surface area contributed by atoms with Crippen molar-refractivity contribution in [2.45, 2.75) is 20.8 Å². The minimum atomic E-state index is -0.246. The van der Waals surface area contributed by atoms with Gasteiger partial charge in [0, 0.05) is 12.0 Å². The van der Waals surface area contributed by atoms with Crippen LogP contribution < -0.4 is 5.32 Å². The molecular weight excluding hydrogens is 138 g/mol. The number of carbonyl (C=O) groups excluding carboxylic acids is 1. The Morgan fingerprint density at radius 3 is 2.36 bits per heavy atom. The lowest BCUT2D eigenvalue weighted by atomic mass is 9.91. The summed E-state index contributed by atoms with van der Waals surface area (Å²) in [7, 11) is 1.85. The highest BCUT2D eigenvalue weighted by Gasteiger charge is 2.17. The monoisotopic (exact) mass is 155 g/mol. The van der Waals surface area contributed by atoms with Crippen molar-refractivity contribution in [3.05, 3.63) is 12.2 Å². The molecule has 0 saturated carbocycles. The Bertz CT molecular complexity index is 153. The van der Waals surface area contributed by atoms with Crippen LogP contribution in [0.15, 0.2) is 12.2 Å². The maximum Gasteiger partial charge on any atom is 0.160 e. The summed E-state index contributed by atoms with van der Waals surface area (Å²) < 4.78 is 0. The number of rotatable bonds is 3. The molecule has 0 bridgehead atoms. The normalized spacial score (nSPS) is 12.4. The van der Waals surface area contributed by atoms with Crippen LogP contribution in [-0.4, -0.2) is 19.4 Å². The molecule has 0 amide bonds. The van der Waals surface area contributed by atoms with Crippen molar-refractivity contribution < 1.29 is 4.79 Å². The number of carbonyl (C=O) groups is 1. The van der Waals surface area contributed by atoms with Gasteiger partial charge in [-0.3, -0.25) is 4.79 Å². The van der Waals surface area contributed by atoms with Gasteiger partial charge >= 0.3 is 0 Å². The van der Waals surface area contributed by atoms with Crippen molar-refractivity contribution >= 4 is 5.78 Å². The third-order valence-electron chi connectivity index (χ3n) is 1.33. The molecule has 0 aromatic carbocycles. The zero-order valence-corrected chi connectivity index (χ0v) is 7.77. The second-order valence-corrected chi connectivity index (χ2v) is 3.57. The quantitative estimate of drug-likeness (QED) is 0.624. The smallest absolute Gasteiger partial charge is 0.160 e. The molecule has 0 aliphatic carbocycles. The van der Waals surface area contributed by atoms with Gasteiger partial charge in [-0.05, 0) is 13.1 Å². The zero-order valence-electron chi connectivity index (χ0n) is 7.77. The Balaban J connectivity index is 3.88. The second kappa shape index (κ2) is 4.29.